The molecule has 98 valence electrons. The zero-order valence-electron chi connectivity index (χ0n) is 11.1. The average Bonchev–Trinajstić information content (AvgIpc) is 3.13. The molecule has 0 aliphatic heterocycles. The Bertz CT molecular complexity index is 409. The van der Waals surface area contributed by atoms with Crippen LogP contribution in [0.3, 0.4) is 0 Å². The van der Waals surface area contributed by atoms with Crippen LogP contribution in [0.4, 0.5) is 0 Å². The lowest BCUT2D eigenvalue weighted by Gasteiger charge is -2.16. The second-order valence-corrected chi connectivity index (χ2v) is 5.41. The van der Waals surface area contributed by atoms with Gasteiger partial charge < -0.3 is 11.1 Å². The van der Waals surface area contributed by atoms with Gasteiger partial charge in [0.25, 0.3) is 0 Å². The Morgan fingerprint density at radius 1 is 1.39 bits per heavy atom. The number of nitrogens with one attached hydrogen (secondary N) is 1. The van der Waals surface area contributed by atoms with E-state index >= 15 is 0 Å². The van der Waals surface area contributed by atoms with E-state index in [1.165, 1.54) is 18.4 Å². The van der Waals surface area contributed by atoms with Gasteiger partial charge in [-0.05, 0) is 38.2 Å². The van der Waals surface area contributed by atoms with Gasteiger partial charge in [0.15, 0.2) is 0 Å². The molecule has 1 aromatic rings. The molecular formula is C15H22N2O. The lowest BCUT2D eigenvalue weighted by Crippen LogP contribution is -2.34. The quantitative estimate of drug-likeness (QED) is 0.837. The summed E-state index contributed by atoms with van der Waals surface area (Å²) in [7, 11) is 0. The van der Waals surface area contributed by atoms with E-state index in [4.69, 9.17) is 5.73 Å². The highest BCUT2D eigenvalue weighted by molar-refractivity contribution is 5.77. The Labute approximate surface area is 109 Å². The van der Waals surface area contributed by atoms with Crippen molar-refractivity contribution in [2.45, 2.75) is 45.2 Å². The van der Waals surface area contributed by atoms with Gasteiger partial charge in [0, 0.05) is 12.5 Å². The summed E-state index contributed by atoms with van der Waals surface area (Å²) in [6.07, 6.45) is 2.81. The number of hydrogen-bond donors (Lipinski definition) is 2. The molecule has 1 aliphatic rings. The Hall–Kier alpha value is -1.35. The summed E-state index contributed by atoms with van der Waals surface area (Å²) < 4.78 is 0. The molecule has 0 heterocycles. The average molecular weight is 246 g/mol. The first kappa shape index (κ1) is 13.1. The Kier molecular flexibility index (Phi) is 4.02. The van der Waals surface area contributed by atoms with Crippen molar-refractivity contribution in [2.75, 3.05) is 0 Å². The maximum absolute atomic E-state index is 11.8. The molecule has 1 saturated carbocycles. The van der Waals surface area contributed by atoms with Crippen molar-refractivity contribution < 1.29 is 4.79 Å². The van der Waals surface area contributed by atoms with Crippen molar-refractivity contribution in [3.8, 4) is 0 Å². The molecule has 0 bridgehead atoms. The monoisotopic (exact) mass is 246 g/mol. The molecule has 0 aromatic heterocycles. The summed E-state index contributed by atoms with van der Waals surface area (Å²) in [6.45, 7) is 4.06. The van der Waals surface area contributed by atoms with Gasteiger partial charge in [0.1, 0.15) is 0 Å². The van der Waals surface area contributed by atoms with Gasteiger partial charge in [-0.1, -0.05) is 29.8 Å². The van der Waals surface area contributed by atoms with Crippen LogP contribution < -0.4 is 11.1 Å². The molecule has 1 aromatic carbocycles. The molecule has 1 fully saturated rings. The van der Waals surface area contributed by atoms with Crippen LogP contribution in [0.25, 0.3) is 0 Å². The van der Waals surface area contributed by atoms with Crippen molar-refractivity contribution in [3.05, 3.63) is 35.4 Å². The minimum absolute atomic E-state index is 0.0372. The van der Waals surface area contributed by atoms with Gasteiger partial charge in [-0.2, -0.15) is 0 Å². The molecule has 18 heavy (non-hydrogen) atoms. The Morgan fingerprint density at radius 2 is 2.00 bits per heavy atom. The third-order valence-electron chi connectivity index (χ3n) is 3.60. The fourth-order valence-corrected chi connectivity index (χ4v) is 2.14. The second-order valence-electron chi connectivity index (χ2n) is 5.41. The van der Waals surface area contributed by atoms with E-state index < -0.39 is 0 Å². The normalized spacial score (nSPS) is 18.2. The summed E-state index contributed by atoms with van der Waals surface area (Å²) in [5.74, 6) is 0.632. The van der Waals surface area contributed by atoms with E-state index in [0.717, 1.165) is 5.56 Å². The van der Waals surface area contributed by atoms with Crippen molar-refractivity contribution in [2.24, 2.45) is 11.7 Å². The number of carbonyl (C=O) groups excluding carboxylic acids is 1. The first-order chi connectivity index (χ1) is 8.56. The molecule has 0 saturated heterocycles. The van der Waals surface area contributed by atoms with Crippen molar-refractivity contribution in [3.63, 3.8) is 0 Å². The third-order valence-corrected chi connectivity index (χ3v) is 3.60. The predicted octanol–water partition coefficient (Wildman–Crippen LogP) is 2.30. The molecule has 1 unspecified atom stereocenters. The number of nitrogens with two attached hydrogens (primary N) is 1. The maximum atomic E-state index is 11.8. The molecule has 1 aliphatic carbocycles. The second kappa shape index (κ2) is 5.53. The molecule has 3 nitrogen and oxygen atoms in total. The highest BCUT2D eigenvalue weighted by Gasteiger charge is 2.29. The van der Waals surface area contributed by atoms with Crippen molar-refractivity contribution in [1.82, 2.24) is 5.32 Å². The third kappa shape index (κ3) is 3.57. The predicted molar refractivity (Wildman–Crippen MR) is 73.1 cm³/mol. The van der Waals surface area contributed by atoms with Crippen LogP contribution in [0.2, 0.25) is 0 Å². The van der Waals surface area contributed by atoms with Crippen LogP contribution in [0.5, 0.6) is 0 Å². The van der Waals surface area contributed by atoms with Gasteiger partial charge in [-0.3, -0.25) is 4.79 Å². The lowest BCUT2D eigenvalue weighted by atomic mass is 10.1. The van der Waals surface area contributed by atoms with E-state index in [-0.39, 0.29) is 18.0 Å². The molecule has 2 atom stereocenters. The molecule has 3 heteroatoms. The zero-order valence-corrected chi connectivity index (χ0v) is 11.1. The van der Waals surface area contributed by atoms with E-state index in [1.807, 2.05) is 6.92 Å². The van der Waals surface area contributed by atoms with Gasteiger partial charge in [0.05, 0.1) is 6.04 Å². The Morgan fingerprint density at radius 3 is 2.56 bits per heavy atom. The largest absolute Gasteiger partial charge is 0.350 e. The zero-order chi connectivity index (χ0) is 13.1. The summed E-state index contributed by atoms with van der Waals surface area (Å²) in [4.78, 5) is 11.8. The van der Waals surface area contributed by atoms with Gasteiger partial charge in [-0.25, -0.2) is 0 Å². The first-order valence-corrected chi connectivity index (χ1v) is 6.68. The van der Waals surface area contributed by atoms with Crippen LogP contribution in [0, 0.1) is 12.8 Å². The number of hydrogen-bond acceptors (Lipinski definition) is 2. The highest BCUT2D eigenvalue weighted by Crippen LogP contribution is 2.32. The van der Waals surface area contributed by atoms with Crippen LogP contribution in [-0.4, -0.2) is 11.9 Å². The number of benzene rings is 1. The van der Waals surface area contributed by atoms with Crippen LogP contribution in [0.1, 0.15) is 43.4 Å². The van der Waals surface area contributed by atoms with Gasteiger partial charge >= 0.3 is 0 Å². The summed E-state index contributed by atoms with van der Waals surface area (Å²) in [5, 5.41) is 3.01. The SMILES string of the molecule is Cc1ccc([C@H](C)NC(=O)CC(N)C2CC2)cc1. The smallest absolute Gasteiger partial charge is 0.222 e. The summed E-state index contributed by atoms with van der Waals surface area (Å²) in [5.41, 5.74) is 8.32. The van der Waals surface area contributed by atoms with Crippen molar-refractivity contribution >= 4 is 5.91 Å². The number of carbonyl (C=O) groups is 1. The minimum atomic E-state index is 0.0372. The fourth-order valence-electron chi connectivity index (χ4n) is 2.14. The van der Waals surface area contributed by atoms with Crippen LogP contribution in [0.15, 0.2) is 24.3 Å². The van der Waals surface area contributed by atoms with E-state index in [0.29, 0.717) is 12.3 Å². The van der Waals surface area contributed by atoms with Crippen molar-refractivity contribution in [1.29, 1.82) is 0 Å². The highest BCUT2D eigenvalue weighted by atomic mass is 16.1. The lowest BCUT2D eigenvalue weighted by molar-refractivity contribution is -0.122. The standard InChI is InChI=1S/C15H22N2O/c1-10-3-5-12(6-4-10)11(2)17-15(18)9-14(16)13-7-8-13/h3-6,11,13-14H,7-9,16H2,1-2H3,(H,17,18)/t11-,14?/m0/s1. The number of amides is 1. The van der Waals surface area contributed by atoms with Crippen LogP contribution >= 0.6 is 0 Å². The van der Waals surface area contributed by atoms with Gasteiger partial charge in [0.2, 0.25) is 5.91 Å². The molecule has 2 rings (SSSR count). The van der Waals surface area contributed by atoms with E-state index in [1.54, 1.807) is 0 Å². The molecule has 0 spiro atoms. The maximum Gasteiger partial charge on any atom is 0.222 e. The molecular weight excluding hydrogens is 224 g/mol. The first-order valence-electron chi connectivity index (χ1n) is 6.68. The minimum Gasteiger partial charge on any atom is -0.350 e. The molecule has 3 N–H and O–H groups in total. The van der Waals surface area contributed by atoms with E-state index in [2.05, 4.69) is 36.5 Å². The summed E-state index contributed by atoms with van der Waals surface area (Å²) in [6, 6.07) is 8.32. The number of rotatable bonds is 5. The molecule has 1 amide bonds. The Balaban J connectivity index is 1.84. The summed E-state index contributed by atoms with van der Waals surface area (Å²) >= 11 is 0. The van der Waals surface area contributed by atoms with Crippen LogP contribution in [-0.2, 0) is 4.79 Å². The topological polar surface area (TPSA) is 55.1 Å². The van der Waals surface area contributed by atoms with E-state index in [9.17, 15) is 4.79 Å². The molecule has 0 radical (unpaired) electrons. The fraction of sp³-hybridized carbons (Fsp3) is 0.533. The number of aryl methyl sites for hydroxylation is 1. The van der Waals surface area contributed by atoms with Gasteiger partial charge in [-0.15, -0.1) is 0 Å².